The average molecular weight is 175 g/mol. The van der Waals surface area contributed by atoms with Gasteiger partial charge in [-0.15, -0.1) is 0 Å². The van der Waals surface area contributed by atoms with Crippen molar-refractivity contribution in [1.82, 2.24) is 5.32 Å². The van der Waals surface area contributed by atoms with Gasteiger partial charge in [-0.2, -0.15) is 0 Å². The molecule has 0 aromatic heterocycles. The molecule has 1 saturated heterocycles. The molecule has 1 atom stereocenters. The third-order valence-electron chi connectivity index (χ3n) is 2.64. The fourth-order valence-electron chi connectivity index (χ4n) is 1.86. The molecule has 0 aromatic carbocycles. The molecule has 0 saturated carbocycles. The van der Waals surface area contributed by atoms with Crippen LogP contribution in [-0.4, -0.2) is 12.6 Å². The lowest BCUT2D eigenvalue weighted by atomic mass is 10.1. The Morgan fingerprint density at radius 1 is 1.38 bits per heavy atom. The Balaban J connectivity index is 1.88. The number of rotatable bonds is 2. The van der Waals surface area contributed by atoms with Gasteiger partial charge in [0.25, 0.3) is 0 Å². The van der Waals surface area contributed by atoms with E-state index in [4.69, 9.17) is 0 Å². The maximum absolute atomic E-state index is 3.46. The molecule has 0 unspecified atom stereocenters. The Labute approximate surface area is 80.2 Å². The predicted molar refractivity (Wildman–Crippen MR) is 56.6 cm³/mol. The molecule has 0 aromatic rings. The summed E-state index contributed by atoms with van der Waals surface area (Å²) in [6.07, 6.45) is 16.4. The zero-order valence-electron chi connectivity index (χ0n) is 8.00. The summed E-state index contributed by atoms with van der Waals surface area (Å²) >= 11 is 0. The lowest BCUT2D eigenvalue weighted by molar-refractivity contribution is 0.727. The van der Waals surface area contributed by atoms with Gasteiger partial charge in [-0.3, -0.25) is 0 Å². The molecule has 0 spiro atoms. The third kappa shape index (κ3) is 2.56. The van der Waals surface area contributed by atoms with Crippen molar-refractivity contribution in [3.8, 4) is 0 Å². The second kappa shape index (κ2) is 4.43. The van der Waals surface area contributed by atoms with Crippen molar-refractivity contribution in [1.29, 1.82) is 0 Å². The van der Waals surface area contributed by atoms with Crippen molar-refractivity contribution in [3.05, 3.63) is 36.0 Å². The van der Waals surface area contributed by atoms with Crippen molar-refractivity contribution in [3.63, 3.8) is 0 Å². The van der Waals surface area contributed by atoms with E-state index in [1.54, 1.807) is 0 Å². The molecule has 2 rings (SSSR count). The molecule has 1 heteroatoms. The maximum Gasteiger partial charge on any atom is 0.0253 e. The highest BCUT2D eigenvalue weighted by Gasteiger charge is 2.09. The number of hydrogen-bond acceptors (Lipinski definition) is 1. The first-order chi connectivity index (χ1) is 6.45. The van der Waals surface area contributed by atoms with Crippen molar-refractivity contribution in [2.75, 3.05) is 6.54 Å². The summed E-state index contributed by atoms with van der Waals surface area (Å²) in [6.45, 7) is 1.18. The number of nitrogens with one attached hydrogen (secondary N) is 1. The molecule has 70 valence electrons. The van der Waals surface area contributed by atoms with Gasteiger partial charge < -0.3 is 5.32 Å². The quantitative estimate of drug-likeness (QED) is 0.680. The molecule has 1 heterocycles. The average Bonchev–Trinajstić information content (AvgIpc) is 2.69. The first-order valence-electron chi connectivity index (χ1n) is 5.23. The van der Waals surface area contributed by atoms with Gasteiger partial charge >= 0.3 is 0 Å². The molecule has 1 nitrogen and oxygen atoms in total. The lowest BCUT2D eigenvalue weighted by Gasteiger charge is -2.04. The minimum Gasteiger partial charge on any atom is -0.311 e. The summed E-state index contributed by atoms with van der Waals surface area (Å²) in [4.78, 5) is 0. The summed E-state index contributed by atoms with van der Waals surface area (Å²) in [6, 6.07) is 0.622. The van der Waals surface area contributed by atoms with Gasteiger partial charge in [-0.1, -0.05) is 30.4 Å². The lowest BCUT2D eigenvalue weighted by Crippen LogP contribution is -2.18. The van der Waals surface area contributed by atoms with Gasteiger partial charge in [0.15, 0.2) is 0 Å². The summed E-state index contributed by atoms with van der Waals surface area (Å²) in [5, 5.41) is 3.46. The largest absolute Gasteiger partial charge is 0.311 e. The fourth-order valence-corrected chi connectivity index (χ4v) is 1.86. The predicted octanol–water partition coefficient (Wildman–Crippen LogP) is 2.57. The first kappa shape index (κ1) is 8.76. The molecule has 1 aliphatic heterocycles. The third-order valence-corrected chi connectivity index (χ3v) is 2.64. The van der Waals surface area contributed by atoms with Crippen LogP contribution in [0.5, 0.6) is 0 Å². The second-order valence-electron chi connectivity index (χ2n) is 3.75. The Kier molecular flexibility index (Phi) is 2.98. The van der Waals surface area contributed by atoms with E-state index in [-0.39, 0.29) is 0 Å². The van der Waals surface area contributed by atoms with Crippen molar-refractivity contribution < 1.29 is 0 Å². The van der Waals surface area contributed by atoms with E-state index in [2.05, 4.69) is 35.7 Å². The van der Waals surface area contributed by atoms with Gasteiger partial charge in [0.05, 0.1) is 0 Å². The van der Waals surface area contributed by atoms with Crippen LogP contribution in [0.2, 0.25) is 0 Å². The highest BCUT2D eigenvalue weighted by molar-refractivity contribution is 5.33. The topological polar surface area (TPSA) is 12.0 Å². The van der Waals surface area contributed by atoms with E-state index in [1.807, 2.05) is 0 Å². The van der Waals surface area contributed by atoms with Crippen LogP contribution in [-0.2, 0) is 0 Å². The monoisotopic (exact) mass is 175 g/mol. The Morgan fingerprint density at radius 2 is 2.38 bits per heavy atom. The fraction of sp³-hybridized carbons (Fsp3) is 0.500. The van der Waals surface area contributed by atoms with Crippen LogP contribution < -0.4 is 5.32 Å². The van der Waals surface area contributed by atoms with Crippen LogP contribution in [0, 0.1) is 0 Å². The zero-order valence-corrected chi connectivity index (χ0v) is 8.00. The minimum atomic E-state index is 0.622. The van der Waals surface area contributed by atoms with Crippen LogP contribution in [0.1, 0.15) is 25.7 Å². The summed E-state index contributed by atoms with van der Waals surface area (Å²) < 4.78 is 0. The molecule has 1 aliphatic carbocycles. The van der Waals surface area contributed by atoms with E-state index in [0.29, 0.717) is 6.04 Å². The van der Waals surface area contributed by atoms with Crippen molar-refractivity contribution in [2.45, 2.75) is 31.7 Å². The van der Waals surface area contributed by atoms with Gasteiger partial charge in [0, 0.05) is 6.04 Å². The zero-order chi connectivity index (χ0) is 8.93. The maximum atomic E-state index is 3.46. The SMILES string of the molecule is C1=CC(C=C[C@@H]2CCCN2)=CCC1. The smallest absolute Gasteiger partial charge is 0.0253 e. The number of hydrogen-bond donors (Lipinski definition) is 1. The van der Waals surface area contributed by atoms with Gasteiger partial charge in [0.1, 0.15) is 0 Å². The van der Waals surface area contributed by atoms with E-state index in [1.165, 1.54) is 37.8 Å². The van der Waals surface area contributed by atoms with Crippen LogP contribution in [0.15, 0.2) is 36.0 Å². The van der Waals surface area contributed by atoms with E-state index >= 15 is 0 Å². The summed E-state index contributed by atoms with van der Waals surface area (Å²) in [5.74, 6) is 0. The highest BCUT2D eigenvalue weighted by atomic mass is 14.9. The van der Waals surface area contributed by atoms with Crippen molar-refractivity contribution in [2.24, 2.45) is 0 Å². The molecule has 1 fully saturated rings. The van der Waals surface area contributed by atoms with Gasteiger partial charge in [-0.05, 0) is 37.8 Å². The van der Waals surface area contributed by atoms with Crippen LogP contribution >= 0.6 is 0 Å². The van der Waals surface area contributed by atoms with Crippen LogP contribution in [0.3, 0.4) is 0 Å². The minimum absolute atomic E-state index is 0.622. The normalized spacial score (nSPS) is 28.3. The molecular formula is C12H17N. The Bertz CT molecular complexity index is 242. The van der Waals surface area contributed by atoms with E-state index in [0.717, 1.165) is 0 Å². The first-order valence-corrected chi connectivity index (χ1v) is 5.23. The Morgan fingerprint density at radius 3 is 3.08 bits per heavy atom. The molecular weight excluding hydrogens is 158 g/mol. The molecule has 0 amide bonds. The molecule has 2 aliphatic rings. The molecule has 1 N–H and O–H groups in total. The molecule has 0 bridgehead atoms. The summed E-state index contributed by atoms with van der Waals surface area (Å²) in [5.41, 5.74) is 1.37. The standard InChI is InChI=1S/C12H17N/c1-2-5-11(6-3-1)8-9-12-7-4-10-13-12/h2,5-6,8-9,12-13H,1,3-4,7,10H2/t12-/m0/s1. The van der Waals surface area contributed by atoms with Crippen LogP contribution in [0.4, 0.5) is 0 Å². The van der Waals surface area contributed by atoms with Crippen molar-refractivity contribution >= 4 is 0 Å². The Hall–Kier alpha value is -0.820. The van der Waals surface area contributed by atoms with E-state index in [9.17, 15) is 0 Å². The molecule has 13 heavy (non-hydrogen) atoms. The van der Waals surface area contributed by atoms with E-state index < -0.39 is 0 Å². The van der Waals surface area contributed by atoms with Crippen LogP contribution in [0.25, 0.3) is 0 Å². The summed E-state index contributed by atoms with van der Waals surface area (Å²) in [7, 11) is 0. The van der Waals surface area contributed by atoms with Gasteiger partial charge in [-0.25, -0.2) is 0 Å². The second-order valence-corrected chi connectivity index (χ2v) is 3.75. The van der Waals surface area contributed by atoms with Gasteiger partial charge in [0.2, 0.25) is 0 Å². The number of allylic oxidation sites excluding steroid dienone is 5. The molecule has 0 radical (unpaired) electrons. The highest BCUT2D eigenvalue weighted by Crippen LogP contribution is 2.12.